The largest absolute Gasteiger partial charge is 0.373 e. The summed E-state index contributed by atoms with van der Waals surface area (Å²) < 4.78 is 5.93. The van der Waals surface area contributed by atoms with Crippen molar-refractivity contribution >= 4 is 0 Å². The van der Waals surface area contributed by atoms with E-state index < -0.39 is 0 Å². The number of benzene rings is 1. The molecule has 0 saturated carbocycles. The molecule has 2 nitrogen and oxygen atoms in total. The second-order valence-corrected chi connectivity index (χ2v) is 5.38. The fraction of sp³-hybridized carbons (Fsp3) is 0.625. The second-order valence-electron chi connectivity index (χ2n) is 5.38. The van der Waals surface area contributed by atoms with Crippen molar-refractivity contribution in [3.05, 3.63) is 34.9 Å². The van der Waals surface area contributed by atoms with Crippen LogP contribution in [0.3, 0.4) is 0 Å². The number of hydrogen-bond acceptors (Lipinski definition) is 2. The molecule has 0 aromatic heterocycles. The normalized spacial score (nSPS) is 24.2. The zero-order valence-corrected chi connectivity index (χ0v) is 11.8. The molecule has 1 fully saturated rings. The highest BCUT2D eigenvalue weighted by atomic mass is 16.5. The van der Waals surface area contributed by atoms with E-state index in [1.54, 1.807) is 0 Å². The van der Waals surface area contributed by atoms with Gasteiger partial charge in [-0.2, -0.15) is 0 Å². The average molecular weight is 247 g/mol. The minimum Gasteiger partial charge on any atom is -0.373 e. The lowest BCUT2D eigenvalue weighted by atomic mass is 9.95. The molecule has 0 radical (unpaired) electrons. The summed E-state index contributed by atoms with van der Waals surface area (Å²) >= 11 is 0. The molecule has 2 heteroatoms. The molecule has 1 aliphatic rings. The van der Waals surface area contributed by atoms with Crippen LogP contribution in [-0.4, -0.2) is 19.2 Å². The van der Waals surface area contributed by atoms with E-state index in [-0.39, 0.29) is 6.10 Å². The molecule has 0 spiro atoms. The highest BCUT2D eigenvalue weighted by Crippen LogP contribution is 2.29. The van der Waals surface area contributed by atoms with Crippen molar-refractivity contribution in [2.75, 3.05) is 13.2 Å². The van der Waals surface area contributed by atoms with Crippen LogP contribution in [0.4, 0.5) is 0 Å². The number of hydrogen-bond donors (Lipinski definition) is 1. The van der Waals surface area contributed by atoms with Crippen molar-refractivity contribution in [1.82, 2.24) is 5.32 Å². The summed E-state index contributed by atoms with van der Waals surface area (Å²) in [6.07, 6.45) is 3.71. The van der Waals surface area contributed by atoms with Crippen LogP contribution in [0.5, 0.6) is 0 Å². The van der Waals surface area contributed by atoms with Crippen LogP contribution in [0.1, 0.15) is 49.0 Å². The molecule has 1 N–H and O–H groups in total. The van der Waals surface area contributed by atoms with Crippen LogP contribution >= 0.6 is 0 Å². The number of ether oxygens (including phenoxy) is 1. The van der Waals surface area contributed by atoms with Gasteiger partial charge < -0.3 is 10.1 Å². The topological polar surface area (TPSA) is 21.3 Å². The van der Waals surface area contributed by atoms with Gasteiger partial charge in [-0.05, 0) is 56.3 Å². The molecule has 2 atom stereocenters. The van der Waals surface area contributed by atoms with E-state index in [1.165, 1.54) is 23.1 Å². The van der Waals surface area contributed by atoms with Gasteiger partial charge in [-0.15, -0.1) is 0 Å². The van der Waals surface area contributed by atoms with Crippen molar-refractivity contribution in [1.29, 1.82) is 0 Å². The van der Waals surface area contributed by atoms with Crippen LogP contribution < -0.4 is 5.32 Å². The van der Waals surface area contributed by atoms with Crippen LogP contribution in [0.15, 0.2) is 18.2 Å². The zero-order chi connectivity index (χ0) is 13.0. The van der Waals surface area contributed by atoms with E-state index in [0.717, 1.165) is 26.0 Å². The molecule has 1 aliphatic heterocycles. The Morgan fingerprint density at radius 3 is 2.83 bits per heavy atom. The Hall–Kier alpha value is -0.860. The number of aryl methyl sites for hydroxylation is 2. The lowest BCUT2D eigenvalue weighted by Crippen LogP contribution is -2.36. The number of nitrogens with one attached hydrogen (secondary N) is 1. The van der Waals surface area contributed by atoms with Crippen LogP contribution in [0, 0.1) is 13.8 Å². The fourth-order valence-electron chi connectivity index (χ4n) is 2.53. The predicted molar refractivity (Wildman–Crippen MR) is 75.9 cm³/mol. The van der Waals surface area contributed by atoms with Crippen LogP contribution in [-0.2, 0) is 4.74 Å². The van der Waals surface area contributed by atoms with Crippen molar-refractivity contribution in [2.24, 2.45) is 0 Å². The molecule has 2 unspecified atom stereocenters. The molecule has 1 aromatic rings. The molecular weight excluding hydrogens is 222 g/mol. The van der Waals surface area contributed by atoms with Crippen molar-refractivity contribution in [3.8, 4) is 0 Å². The summed E-state index contributed by atoms with van der Waals surface area (Å²) in [5.74, 6) is 0. The van der Waals surface area contributed by atoms with Gasteiger partial charge in [0.1, 0.15) is 0 Å². The zero-order valence-electron chi connectivity index (χ0n) is 11.8. The van der Waals surface area contributed by atoms with Gasteiger partial charge in [0.25, 0.3) is 0 Å². The number of rotatable bonds is 4. The molecule has 1 heterocycles. The lowest BCUT2D eigenvalue weighted by molar-refractivity contribution is 0.000323. The molecule has 18 heavy (non-hydrogen) atoms. The van der Waals surface area contributed by atoms with Crippen LogP contribution in [0.25, 0.3) is 0 Å². The first-order valence-electron chi connectivity index (χ1n) is 7.13. The van der Waals surface area contributed by atoms with Gasteiger partial charge >= 0.3 is 0 Å². The standard InChI is InChI=1S/C16H25NO/c1-4-8-17-15-7-9-18-16(11-15)14-6-5-12(2)13(3)10-14/h5-6,10,15-17H,4,7-9,11H2,1-3H3. The molecule has 1 saturated heterocycles. The van der Waals surface area contributed by atoms with Crippen molar-refractivity contribution in [3.63, 3.8) is 0 Å². The first-order valence-corrected chi connectivity index (χ1v) is 7.13. The monoisotopic (exact) mass is 247 g/mol. The summed E-state index contributed by atoms with van der Waals surface area (Å²) in [5, 5.41) is 3.62. The quantitative estimate of drug-likeness (QED) is 0.879. The Labute approximate surface area is 111 Å². The van der Waals surface area contributed by atoms with Crippen molar-refractivity contribution in [2.45, 2.75) is 52.2 Å². The van der Waals surface area contributed by atoms with Gasteiger partial charge in [0.2, 0.25) is 0 Å². The Balaban J connectivity index is 2.01. The Morgan fingerprint density at radius 2 is 2.11 bits per heavy atom. The smallest absolute Gasteiger partial charge is 0.0839 e. The molecule has 0 amide bonds. The second kappa shape index (κ2) is 6.35. The van der Waals surface area contributed by atoms with Gasteiger partial charge in [-0.1, -0.05) is 25.1 Å². The minimum absolute atomic E-state index is 0.271. The van der Waals surface area contributed by atoms with E-state index in [2.05, 4.69) is 44.3 Å². The van der Waals surface area contributed by atoms with E-state index in [4.69, 9.17) is 4.74 Å². The lowest BCUT2D eigenvalue weighted by Gasteiger charge is -2.30. The third-order valence-electron chi connectivity index (χ3n) is 3.87. The van der Waals surface area contributed by atoms with E-state index in [0.29, 0.717) is 6.04 Å². The molecule has 100 valence electrons. The third-order valence-corrected chi connectivity index (χ3v) is 3.87. The molecule has 2 rings (SSSR count). The van der Waals surface area contributed by atoms with E-state index >= 15 is 0 Å². The third kappa shape index (κ3) is 3.33. The summed E-state index contributed by atoms with van der Waals surface area (Å²) in [7, 11) is 0. The summed E-state index contributed by atoms with van der Waals surface area (Å²) in [4.78, 5) is 0. The highest BCUT2D eigenvalue weighted by Gasteiger charge is 2.23. The van der Waals surface area contributed by atoms with Gasteiger partial charge in [-0.25, -0.2) is 0 Å². The fourth-order valence-corrected chi connectivity index (χ4v) is 2.53. The molecule has 1 aromatic carbocycles. The summed E-state index contributed by atoms with van der Waals surface area (Å²) in [5.41, 5.74) is 4.05. The maximum Gasteiger partial charge on any atom is 0.0839 e. The average Bonchev–Trinajstić information content (AvgIpc) is 2.40. The van der Waals surface area contributed by atoms with Crippen LogP contribution in [0.2, 0.25) is 0 Å². The van der Waals surface area contributed by atoms with Gasteiger partial charge in [0, 0.05) is 12.6 Å². The first kappa shape index (κ1) is 13.6. The first-order chi connectivity index (χ1) is 8.70. The SMILES string of the molecule is CCCNC1CCOC(c2ccc(C)c(C)c2)C1. The Bertz CT molecular complexity index is 389. The van der Waals surface area contributed by atoms with Crippen molar-refractivity contribution < 1.29 is 4.74 Å². The Morgan fingerprint density at radius 1 is 1.28 bits per heavy atom. The maximum absolute atomic E-state index is 5.93. The summed E-state index contributed by atoms with van der Waals surface area (Å²) in [6, 6.07) is 7.32. The minimum atomic E-state index is 0.271. The molecule has 0 aliphatic carbocycles. The van der Waals surface area contributed by atoms with Gasteiger partial charge in [0.15, 0.2) is 0 Å². The van der Waals surface area contributed by atoms with Gasteiger partial charge in [0.05, 0.1) is 6.10 Å². The molecule has 0 bridgehead atoms. The van der Waals surface area contributed by atoms with E-state index in [9.17, 15) is 0 Å². The Kier molecular flexibility index (Phi) is 4.79. The molecular formula is C16H25NO. The van der Waals surface area contributed by atoms with E-state index in [1.807, 2.05) is 0 Å². The highest BCUT2D eigenvalue weighted by molar-refractivity contribution is 5.31. The maximum atomic E-state index is 5.93. The predicted octanol–water partition coefficient (Wildman–Crippen LogP) is 3.52. The summed E-state index contributed by atoms with van der Waals surface area (Å²) in [6.45, 7) is 8.54. The van der Waals surface area contributed by atoms with Gasteiger partial charge in [-0.3, -0.25) is 0 Å².